The molecular formula is C9H13N3O. The van der Waals surface area contributed by atoms with Gasteiger partial charge >= 0.3 is 0 Å². The number of hydrogen-bond acceptors (Lipinski definition) is 4. The van der Waals surface area contributed by atoms with E-state index >= 15 is 0 Å². The minimum absolute atomic E-state index is 0.112. The van der Waals surface area contributed by atoms with E-state index in [1.54, 1.807) is 0 Å². The van der Waals surface area contributed by atoms with E-state index in [0.717, 1.165) is 0 Å². The molecule has 1 atom stereocenters. The first-order chi connectivity index (χ1) is 6.03. The smallest absolute Gasteiger partial charge is 0.180 e. The second kappa shape index (κ2) is 3.58. The van der Waals surface area contributed by atoms with Crippen molar-refractivity contribution in [2.24, 2.45) is 0 Å². The largest absolute Gasteiger partial charge is 0.451 e. The molecule has 0 amide bonds. The minimum atomic E-state index is -0.404. The van der Waals surface area contributed by atoms with Crippen LogP contribution in [0.25, 0.3) is 0 Å². The second-order valence-corrected chi connectivity index (χ2v) is 3.87. The Balaban J connectivity index is 2.72. The third-order valence-corrected chi connectivity index (χ3v) is 1.45. The highest BCUT2D eigenvalue weighted by molar-refractivity contribution is 5.11. The molecule has 0 aliphatic rings. The van der Waals surface area contributed by atoms with Crippen molar-refractivity contribution in [3.05, 3.63) is 18.4 Å². The standard InChI is InChI=1S/C9H13N3O/c1-9(2,3)12-7(4-10)8-5-13-6-11-8/h5-7,12H,1-3H3. The molecule has 0 bridgehead atoms. The van der Waals surface area contributed by atoms with Gasteiger partial charge in [0.25, 0.3) is 0 Å². The molecule has 1 N–H and O–H groups in total. The Morgan fingerprint density at radius 3 is 2.69 bits per heavy atom. The molecule has 1 aromatic heterocycles. The number of hydrogen-bond donors (Lipinski definition) is 1. The lowest BCUT2D eigenvalue weighted by molar-refractivity contribution is 0.396. The Hall–Kier alpha value is -1.34. The first-order valence-corrected chi connectivity index (χ1v) is 4.08. The summed E-state index contributed by atoms with van der Waals surface area (Å²) in [5.74, 6) is 0. The van der Waals surface area contributed by atoms with Crippen LogP contribution in [0, 0.1) is 11.3 Å². The normalized spacial score (nSPS) is 13.7. The summed E-state index contributed by atoms with van der Waals surface area (Å²) in [6.07, 6.45) is 2.80. The lowest BCUT2D eigenvalue weighted by Crippen LogP contribution is -2.38. The van der Waals surface area contributed by atoms with E-state index in [2.05, 4.69) is 16.4 Å². The first-order valence-electron chi connectivity index (χ1n) is 4.08. The van der Waals surface area contributed by atoms with Gasteiger partial charge < -0.3 is 4.42 Å². The second-order valence-electron chi connectivity index (χ2n) is 3.87. The van der Waals surface area contributed by atoms with Crippen molar-refractivity contribution in [3.63, 3.8) is 0 Å². The Morgan fingerprint density at radius 2 is 2.31 bits per heavy atom. The monoisotopic (exact) mass is 179 g/mol. The highest BCUT2D eigenvalue weighted by Gasteiger charge is 2.19. The molecule has 1 aromatic rings. The summed E-state index contributed by atoms with van der Waals surface area (Å²) in [7, 11) is 0. The van der Waals surface area contributed by atoms with Crippen molar-refractivity contribution >= 4 is 0 Å². The van der Waals surface area contributed by atoms with Gasteiger partial charge in [0.1, 0.15) is 18.0 Å². The molecular weight excluding hydrogens is 166 g/mol. The molecule has 1 heterocycles. The van der Waals surface area contributed by atoms with E-state index in [9.17, 15) is 0 Å². The predicted molar refractivity (Wildman–Crippen MR) is 47.7 cm³/mol. The topological polar surface area (TPSA) is 61.9 Å². The van der Waals surface area contributed by atoms with Gasteiger partial charge in [-0.2, -0.15) is 5.26 Å². The van der Waals surface area contributed by atoms with E-state index in [-0.39, 0.29) is 5.54 Å². The van der Waals surface area contributed by atoms with Crippen LogP contribution in [-0.2, 0) is 0 Å². The number of nitriles is 1. The van der Waals surface area contributed by atoms with Crippen LogP contribution in [0.5, 0.6) is 0 Å². The van der Waals surface area contributed by atoms with E-state index in [1.807, 2.05) is 20.8 Å². The zero-order chi connectivity index (χ0) is 9.90. The summed E-state index contributed by atoms with van der Waals surface area (Å²) in [5.41, 5.74) is 0.511. The minimum Gasteiger partial charge on any atom is -0.451 e. The Bertz CT molecular complexity index is 292. The zero-order valence-electron chi connectivity index (χ0n) is 8.03. The Labute approximate surface area is 77.6 Å². The van der Waals surface area contributed by atoms with Crippen LogP contribution in [0.3, 0.4) is 0 Å². The van der Waals surface area contributed by atoms with Crippen LogP contribution >= 0.6 is 0 Å². The van der Waals surface area contributed by atoms with E-state index in [1.165, 1.54) is 12.7 Å². The van der Waals surface area contributed by atoms with Gasteiger partial charge in [0, 0.05) is 5.54 Å². The van der Waals surface area contributed by atoms with Gasteiger partial charge in [0.05, 0.1) is 6.07 Å². The van der Waals surface area contributed by atoms with Gasteiger partial charge in [-0.25, -0.2) is 4.98 Å². The molecule has 0 fully saturated rings. The van der Waals surface area contributed by atoms with Crippen molar-refractivity contribution in [3.8, 4) is 6.07 Å². The SMILES string of the molecule is CC(C)(C)NC(C#N)c1cocn1. The molecule has 0 aliphatic carbocycles. The van der Waals surface area contributed by atoms with Crippen molar-refractivity contribution in [1.29, 1.82) is 5.26 Å². The van der Waals surface area contributed by atoms with Crippen LogP contribution in [-0.4, -0.2) is 10.5 Å². The highest BCUT2D eigenvalue weighted by Crippen LogP contribution is 2.13. The average Bonchev–Trinajstić information content (AvgIpc) is 2.50. The van der Waals surface area contributed by atoms with E-state index in [0.29, 0.717) is 5.69 Å². The molecule has 0 saturated heterocycles. The summed E-state index contributed by atoms with van der Waals surface area (Å²) < 4.78 is 4.81. The van der Waals surface area contributed by atoms with Crippen LogP contribution in [0.15, 0.2) is 17.1 Å². The third kappa shape index (κ3) is 2.88. The summed E-state index contributed by atoms with van der Waals surface area (Å²) in [5, 5.41) is 12.0. The Kier molecular flexibility index (Phi) is 2.69. The van der Waals surface area contributed by atoms with Crippen LogP contribution in [0.4, 0.5) is 0 Å². The molecule has 13 heavy (non-hydrogen) atoms. The third-order valence-electron chi connectivity index (χ3n) is 1.45. The van der Waals surface area contributed by atoms with Gasteiger partial charge in [-0.05, 0) is 20.8 Å². The summed E-state index contributed by atoms with van der Waals surface area (Å²) in [4.78, 5) is 3.92. The van der Waals surface area contributed by atoms with Crippen molar-refractivity contribution in [1.82, 2.24) is 10.3 Å². The molecule has 0 aliphatic heterocycles. The molecule has 0 radical (unpaired) electrons. The summed E-state index contributed by atoms with van der Waals surface area (Å²) in [6, 6.07) is 1.72. The van der Waals surface area contributed by atoms with Crippen molar-refractivity contribution < 1.29 is 4.42 Å². The van der Waals surface area contributed by atoms with Gasteiger partial charge in [0.15, 0.2) is 6.39 Å². The quantitative estimate of drug-likeness (QED) is 0.749. The summed E-state index contributed by atoms with van der Waals surface area (Å²) >= 11 is 0. The maximum atomic E-state index is 8.87. The maximum Gasteiger partial charge on any atom is 0.180 e. The predicted octanol–water partition coefficient (Wildman–Crippen LogP) is 1.63. The zero-order valence-corrected chi connectivity index (χ0v) is 8.03. The van der Waals surface area contributed by atoms with Gasteiger partial charge in [-0.1, -0.05) is 0 Å². The number of nitrogens with one attached hydrogen (secondary N) is 1. The van der Waals surface area contributed by atoms with Gasteiger partial charge in [-0.15, -0.1) is 0 Å². The lowest BCUT2D eigenvalue weighted by Gasteiger charge is -2.22. The van der Waals surface area contributed by atoms with Gasteiger partial charge in [-0.3, -0.25) is 5.32 Å². The molecule has 70 valence electrons. The molecule has 0 aromatic carbocycles. The number of rotatable bonds is 2. The van der Waals surface area contributed by atoms with Crippen molar-refractivity contribution in [2.45, 2.75) is 32.4 Å². The number of aromatic nitrogens is 1. The summed E-state index contributed by atoms with van der Waals surface area (Å²) in [6.45, 7) is 5.99. The van der Waals surface area contributed by atoms with Crippen molar-refractivity contribution in [2.75, 3.05) is 0 Å². The molecule has 1 rings (SSSR count). The molecule has 4 heteroatoms. The number of oxazole rings is 1. The fourth-order valence-electron chi connectivity index (χ4n) is 0.970. The van der Waals surface area contributed by atoms with Crippen LogP contribution < -0.4 is 5.32 Å². The fraction of sp³-hybridized carbons (Fsp3) is 0.556. The fourth-order valence-corrected chi connectivity index (χ4v) is 0.970. The highest BCUT2D eigenvalue weighted by atomic mass is 16.3. The molecule has 4 nitrogen and oxygen atoms in total. The van der Waals surface area contributed by atoms with Crippen LogP contribution in [0.1, 0.15) is 32.5 Å². The van der Waals surface area contributed by atoms with Gasteiger partial charge in [0.2, 0.25) is 0 Å². The average molecular weight is 179 g/mol. The van der Waals surface area contributed by atoms with Crippen LogP contribution in [0.2, 0.25) is 0 Å². The number of nitrogens with zero attached hydrogens (tertiary/aromatic N) is 2. The molecule has 0 spiro atoms. The molecule has 1 unspecified atom stereocenters. The van der Waals surface area contributed by atoms with E-state index < -0.39 is 6.04 Å². The first kappa shape index (κ1) is 9.75. The lowest BCUT2D eigenvalue weighted by atomic mass is 10.1. The van der Waals surface area contributed by atoms with E-state index in [4.69, 9.17) is 9.68 Å². The Morgan fingerprint density at radius 1 is 1.62 bits per heavy atom. The molecule has 0 saturated carbocycles. The maximum absolute atomic E-state index is 8.87.